The number of rotatable bonds is 4. The summed E-state index contributed by atoms with van der Waals surface area (Å²) in [5.41, 5.74) is 4.97. The fourth-order valence-electron chi connectivity index (χ4n) is 3.49. The van der Waals surface area contributed by atoms with Gasteiger partial charge < -0.3 is 15.2 Å². The van der Waals surface area contributed by atoms with Crippen LogP contribution in [-0.2, 0) is 13.0 Å². The Morgan fingerprint density at radius 3 is 2.78 bits per heavy atom. The maximum absolute atomic E-state index is 3.72. The molecule has 0 bridgehead atoms. The predicted molar refractivity (Wildman–Crippen MR) is 97.6 cm³/mol. The van der Waals surface area contributed by atoms with Crippen molar-refractivity contribution in [2.45, 2.75) is 45.7 Å². The summed E-state index contributed by atoms with van der Waals surface area (Å²) in [5.74, 6) is 6.21. The van der Waals surface area contributed by atoms with Crippen molar-refractivity contribution in [3.8, 4) is 11.8 Å². The lowest BCUT2D eigenvalue weighted by molar-refractivity contribution is 0.234. The van der Waals surface area contributed by atoms with Crippen LogP contribution in [0.3, 0.4) is 0 Å². The normalized spacial score (nSPS) is 16.5. The molecule has 1 aliphatic heterocycles. The predicted octanol–water partition coefficient (Wildman–Crippen LogP) is 3.29. The molecule has 3 rings (SSSR count). The summed E-state index contributed by atoms with van der Waals surface area (Å²) in [6.45, 7) is 7.43. The molecule has 0 spiro atoms. The molecular weight excluding hydrogens is 282 g/mol. The molecule has 1 aromatic carbocycles. The topological polar surface area (TPSA) is 31.1 Å². The Morgan fingerprint density at radius 1 is 1.30 bits per heavy atom. The molecule has 2 heterocycles. The molecule has 2 N–H and O–H groups in total. The molecule has 122 valence electrons. The van der Waals surface area contributed by atoms with Gasteiger partial charge in [-0.3, -0.25) is 0 Å². The number of aromatic amines is 1. The quantitative estimate of drug-likeness (QED) is 0.849. The molecule has 0 aliphatic carbocycles. The van der Waals surface area contributed by atoms with Crippen molar-refractivity contribution in [1.29, 1.82) is 0 Å². The van der Waals surface area contributed by atoms with E-state index < -0.39 is 0 Å². The first-order valence-corrected chi connectivity index (χ1v) is 8.69. The molecule has 3 heteroatoms. The third kappa shape index (κ3) is 3.60. The highest BCUT2D eigenvalue weighted by atomic mass is 15.1. The highest BCUT2D eigenvalue weighted by Crippen LogP contribution is 2.24. The largest absolute Gasteiger partial charge is 0.348 e. The number of piperidine rings is 1. The van der Waals surface area contributed by atoms with Crippen LogP contribution in [0.1, 0.15) is 43.5 Å². The van der Waals surface area contributed by atoms with Crippen molar-refractivity contribution in [1.82, 2.24) is 15.2 Å². The van der Waals surface area contributed by atoms with Crippen LogP contribution in [0.15, 0.2) is 18.2 Å². The van der Waals surface area contributed by atoms with E-state index in [4.69, 9.17) is 0 Å². The van der Waals surface area contributed by atoms with Crippen molar-refractivity contribution in [2.75, 3.05) is 20.1 Å². The number of H-pyrrole nitrogens is 1. The van der Waals surface area contributed by atoms with E-state index in [1.807, 2.05) is 6.92 Å². The van der Waals surface area contributed by atoms with Crippen LogP contribution in [-0.4, -0.2) is 36.1 Å². The second-order valence-electron chi connectivity index (χ2n) is 6.55. The smallest absolute Gasteiger partial charge is 0.0936 e. The Kier molecular flexibility index (Phi) is 5.05. The number of likely N-dealkylation sites (tertiary alicyclic amines) is 1. The Hall–Kier alpha value is -1.76. The number of benzene rings is 1. The van der Waals surface area contributed by atoms with Crippen LogP contribution in [0.25, 0.3) is 10.9 Å². The summed E-state index contributed by atoms with van der Waals surface area (Å²) in [5, 5.41) is 5.03. The van der Waals surface area contributed by atoms with Crippen molar-refractivity contribution in [3.63, 3.8) is 0 Å². The summed E-state index contributed by atoms with van der Waals surface area (Å²) in [7, 11) is 2.21. The second kappa shape index (κ2) is 7.21. The maximum atomic E-state index is 3.72. The molecule has 1 fully saturated rings. The van der Waals surface area contributed by atoms with Crippen LogP contribution in [0.4, 0.5) is 0 Å². The monoisotopic (exact) mass is 309 g/mol. The lowest BCUT2D eigenvalue weighted by Gasteiger charge is -2.29. The zero-order valence-electron chi connectivity index (χ0n) is 14.5. The number of nitrogens with zero attached hydrogens (tertiary/aromatic N) is 1. The van der Waals surface area contributed by atoms with E-state index >= 15 is 0 Å². The summed E-state index contributed by atoms with van der Waals surface area (Å²) in [6, 6.07) is 7.42. The Balaban J connectivity index is 1.73. The number of nitrogens with one attached hydrogen (secondary N) is 2. The average molecular weight is 309 g/mol. The van der Waals surface area contributed by atoms with Gasteiger partial charge in [0.1, 0.15) is 0 Å². The lowest BCUT2D eigenvalue weighted by atomic mass is 10.0. The first-order chi connectivity index (χ1) is 11.2. The number of fused-ring (bicyclic) bond motifs is 1. The fourth-order valence-corrected chi connectivity index (χ4v) is 3.49. The van der Waals surface area contributed by atoms with E-state index in [-0.39, 0.29) is 0 Å². The number of hydrogen-bond donors (Lipinski definition) is 2. The minimum atomic E-state index is 0.651. The zero-order chi connectivity index (χ0) is 16.2. The van der Waals surface area contributed by atoms with Crippen molar-refractivity contribution < 1.29 is 0 Å². The summed E-state index contributed by atoms with van der Waals surface area (Å²) < 4.78 is 0. The van der Waals surface area contributed by atoms with E-state index in [1.54, 1.807) is 0 Å². The lowest BCUT2D eigenvalue weighted by Crippen LogP contribution is -2.40. The van der Waals surface area contributed by atoms with Gasteiger partial charge in [-0.05, 0) is 69.4 Å². The Bertz CT molecular complexity index is 724. The summed E-state index contributed by atoms with van der Waals surface area (Å²) in [4.78, 5) is 5.90. The molecule has 0 saturated carbocycles. The minimum Gasteiger partial charge on any atom is -0.348 e. The van der Waals surface area contributed by atoms with Gasteiger partial charge in [0.2, 0.25) is 0 Å². The van der Waals surface area contributed by atoms with Crippen molar-refractivity contribution in [2.24, 2.45) is 0 Å². The van der Waals surface area contributed by atoms with E-state index in [2.05, 4.69) is 59.2 Å². The molecule has 0 radical (unpaired) electrons. The van der Waals surface area contributed by atoms with E-state index in [1.165, 1.54) is 48.0 Å². The summed E-state index contributed by atoms with van der Waals surface area (Å²) >= 11 is 0. The highest BCUT2D eigenvalue weighted by molar-refractivity contribution is 5.86. The third-order valence-corrected chi connectivity index (χ3v) is 4.89. The van der Waals surface area contributed by atoms with Gasteiger partial charge in [0.15, 0.2) is 0 Å². The van der Waals surface area contributed by atoms with Gasteiger partial charge in [0.25, 0.3) is 0 Å². The molecular formula is C20H27N3. The van der Waals surface area contributed by atoms with Crippen LogP contribution < -0.4 is 5.32 Å². The molecule has 1 saturated heterocycles. The Labute approximate surface area is 139 Å². The first-order valence-electron chi connectivity index (χ1n) is 8.69. The van der Waals surface area contributed by atoms with Crippen molar-refractivity contribution in [3.05, 3.63) is 35.0 Å². The van der Waals surface area contributed by atoms with Gasteiger partial charge in [-0.25, -0.2) is 0 Å². The van der Waals surface area contributed by atoms with Gasteiger partial charge in [0, 0.05) is 23.5 Å². The number of aryl methyl sites for hydroxylation is 1. The SMILES string of the molecule is CC#Cc1[nH]c2cc(CNC3CCN(C)CC3)ccc2c1CC. The number of hydrogen-bond acceptors (Lipinski definition) is 2. The van der Waals surface area contributed by atoms with Crippen LogP contribution >= 0.6 is 0 Å². The fraction of sp³-hybridized carbons (Fsp3) is 0.500. The first kappa shape index (κ1) is 16.1. The third-order valence-electron chi connectivity index (χ3n) is 4.89. The van der Waals surface area contributed by atoms with E-state index in [0.717, 1.165) is 18.7 Å². The van der Waals surface area contributed by atoms with Crippen LogP contribution in [0.5, 0.6) is 0 Å². The van der Waals surface area contributed by atoms with E-state index in [9.17, 15) is 0 Å². The van der Waals surface area contributed by atoms with Crippen LogP contribution in [0, 0.1) is 11.8 Å². The number of aromatic nitrogens is 1. The summed E-state index contributed by atoms with van der Waals surface area (Å²) in [6.07, 6.45) is 3.51. The maximum Gasteiger partial charge on any atom is 0.0936 e. The van der Waals surface area contributed by atoms with Gasteiger partial charge in [0.05, 0.1) is 5.69 Å². The zero-order valence-corrected chi connectivity index (χ0v) is 14.5. The van der Waals surface area contributed by atoms with Crippen LogP contribution in [0.2, 0.25) is 0 Å². The molecule has 2 aromatic rings. The molecule has 23 heavy (non-hydrogen) atoms. The highest BCUT2D eigenvalue weighted by Gasteiger charge is 2.16. The Morgan fingerprint density at radius 2 is 2.09 bits per heavy atom. The van der Waals surface area contributed by atoms with Crippen molar-refractivity contribution >= 4 is 10.9 Å². The standard InChI is InChI=1S/C20H27N3/c1-4-6-19-17(5-2)18-8-7-15(13-20(18)22-19)14-21-16-9-11-23(3)12-10-16/h7-8,13,16,21-22H,5,9-12,14H2,1-3H3. The average Bonchev–Trinajstić information content (AvgIpc) is 2.91. The van der Waals surface area contributed by atoms with E-state index in [0.29, 0.717) is 6.04 Å². The molecule has 0 unspecified atom stereocenters. The molecule has 1 aliphatic rings. The molecule has 0 atom stereocenters. The minimum absolute atomic E-state index is 0.651. The second-order valence-corrected chi connectivity index (χ2v) is 6.55. The van der Waals surface area contributed by atoms with Gasteiger partial charge in [-0.2, -0.15) is 0 Å². The molecule has 3 nitrogen and oxygen atoms in total. The van der Waals surface area contributed by atoms with Gasteiger partial charge >= 0.3 is 0 Å². The van der Waals surface area contributed by atoms with Gasteiger partial charge in [-0.1, -0.05) is 25.0 Å². The molecule has 0 amide bonds. The molecule has 1 aromatic heterocycles. The van der Waals surface area contributed by atoms with Gasteiger partial charge in [-0.15, -0.1) is 0 Å².